The van der Waals surface area contributed by atoms with Gasteiger partial charge in [-0.3, -0.25) is 4.79 Å². The molecule has 2 fully saturated rings. The van der Waals surface area contributed by atoms with Crippen molar-refractivity contribution in [3.05, 3.63) is 0 Å². The SMILES string of the molecule is CCN1CCC(CNC(=O)C2CCCCCN2)CC1. The van der Waals surface area contributed by atoms with Gasteiger partial charge in [0, 0.05) is 6.54 Å². The lowest BCUT2D eigenvalue weighted by Gasteiger charge is -2.31. The molecule has 0 aromatic carbocycles. The van der Waals surface area contributed by atoms with Crippen molar-refractivity contribution >= 4 is 5.91 Å². The first-order valence-corrected chi connectivity index (χ1v) is 8.03. The van der Waals surface area contributed by atoms with Gasteiger partial charge in [-0.25, -0.2) is 0 Å². The van der Waals surface area contributed by atoms with Crippen LogP contribution in [0, 0.1) is 5.92 Å². The minimum absolute atomic E-state index is 0.0539. The molecule has 2 saturated heterocycles. The third-order valence-corrected chi connectivity index (χ3v) is 4.60. The lowest BCUT2D eigenvalue weighted by atomic mass is 9.96. The highest BCUT2D eigenvalue weighted by Crippen LogP contribution is 2.16. The summed E-state index contributed by atoms with van der Waals surface area (Å²) in [6.45, 7) is 7.63. The Balaban J connectivity index is 1.65. The number of likely N-dealkylation sites (tertiary alicyclic amines) is 1. The minimum Gasteiger partial charge on any atom is -0.354 e. The fraction of sp³-hybridized carbons (Fsp3) is 0.933. The molecular weight excluding hydrogens is 238 g/mol. The van der Waals surface area contributed by atoms with Crippen LogP contribution in [0.15, 0.2) is 0 Å². The van der Waals surface area contributed by atoms with Crippen molar-refractivity contribution in [2.45, 2.75) is 51.5 Å². The number of nitrogens with one attached hydrogen (secondary N) is 2. The predicted octanol–water partition coefficient (Wildman–Crippen LogP) is 1.37. The second-order valence-corrected chi connectivity index (χ2v) is 5.98. The van der Waals surface area contributed by atoms with E-state index in [1.165, 1.54) is 45.2 Å². The summed E-state index contributed by atoms with van der Waals surface area (Å²) in [6, 6.07) is 0.0539. The largest absolute Gasteiger partial charge is 0.354 e. The smallest absolute Gasteiger partial charge is 0.237 e. The summed E-state index contributed by atoms with van der Waals surface area (Å²) >= 11 is 0. The Morgan fingerprint density at radius 2 is 2.00 bits per heavy atom. The van der Waals surface area contributed by atoms with E-state index in [1.807, 2.05) is 0 Å². The van der Waals surface area contributed by atoms with Crippen LogP contribution in [0.25, 0.3) is 0 Å². The Kier molecular flexibility index (Phi) is 6.11. The number of amides is 1. The average Bonchev–Trinajstić information content (AvgIpc) is 2.74. The van der Waals surface area contributed by atoms with Crippen LogP contribution in [-0.4, -0.2) is 49.6 Å². The summed E-state index contributed by atoms with van der Waals surface area (Å²) in [5.41, 5.74) is 0. The van der Waals surface area contributed by atoms with Crippen LogP contribution >= 0.6 is 0 Å². The molecule has 1 unspecified atom stereocenters. The Morgan fingerprint density at radius 3 is 2.74 bits per heavy atom. The molecule has 0 aromatic heterocycles. The quantitative estimate of drug-likeness (QED) is 0.808. The fourth-order valence-electron chi connectivity index (χ4n) is 3.13. The van der Waals surface area contributed by atoms with E-state index in [2.05, 4.69) is 22.5 Å². The second-order valence-electron chi connectivity index (χ2n) is 5.98. The van der Waals surface area contributed by atoms with E-state index in [0.29, 0.717) is 5.92 Å². The van der Waals surface area contributed by atoms with Gasteiger partial charge in [-0.05, 0) is 57.8 Å². The van der Waals surface area contributed by atoms with Crippen molar-refractivity contribution in [3.8, 4) is 0 Å². The maximum absolute atomic E-state index is 12.1. The number of piperidine rings is 1. The van der Waals surface area contributed by atoms with Gasteiger partial charge in [0.2, 0.25) is 5.91 Å². The Labute approximate surface area is 117 Å². The molecule has 0 spiro atoms. The van der Waals surface area contributed by atoms with Crippen molar-refractivity contribution in [1.82, 2.24) is 15.5 Å². The lowest BCUT2D eigenvalue weighted by molar-refractivity contribution is -0.123. The molecule has 2 rings (SSSR count). The monoisotopic (exact) mass is 267 g/mol. The first-order chi connectivity index (χ1) is 9.29. The highest BCUT2D eigenvalue weighted by atomic mass is 16.2. The van der Waals surface area contributed by atoms with Crippen LogP contribution in [0.1, 0.15) is 45.4 Å². The molecule has 0 saturated carbocycles. The standard InChI is InChI=1S/C15H29N3O/c1-2-18-10-7-13(8-11-18)12-17-15(19)14-6-4-3-5-9-16-14/h13-14,16H,2-12H2,1H3,(H,17,19). The number of carbonyl (C=O) groups excluding carboxylic acids is 1. The van der Waals surface area contributed by atoms with E-state index < -0.39 is 0 Å². The number of rotatable bonds is 4. The average molecular weight is 267 g/mol. The molecule has 0 radical (unpaired) electrons. The van der Waals surface area contributed by atoms with E-state index >= 15 is 0 Å². The van der Waals surface area contributed by atoms with Gasteiger partial charge in [-0.1, -0.05) is 19.8 Å². The van der Waals surface area contributed by atoms with E-state index in [9.17, 15) is 4.79 Å². The van der Waals surface area contributed by atoms with Crippen molar-refractivity contribution < 1.29 is 4.79 Å². The molecule has 110 valence electrons. The molecule has 4 nitrogen and oxygen atoms in total. The zero-order valence-electron chi connectivity index (χ0n) is 12.3. The van der Waals surface area contributed by atoms with Gasteiger partial charge in [0.25, 0.3) is 0 Å². The summed E-state index contributed by atoms with van der Waals surface area (Å²) in [5, 5.41) is 6.53. The predicted molar refractivity (Wildman–Crippen MR) is 78.1 cm³/mol. The molecule has 0 bridgehead atoms. The van der Waals surface area contributed by atoms with Gasteiger partial charge in [0.1, 0.15) is 0 Å². The molecule has 2 aliphatic rings. The highest BCUT2D eigenvalue weighted by Gasteiger charge is 2.22. The van der Waals surface area contributed by atoms with Crippen molar-refractivity contribution in [1.29, 1.82) is 0 Å². The van der Waals surface area contributed by atoms with Gasteiger partial charge in [0.05, 0.1) is 6.04 Å². The summed E-state index contributed by atoms with van der Waals surface area (Å²) in [6.07, 6.45) is 7.10. The maximum Gasteiger partial charge on any atom is 0.237 e. The van der Waals surface area contributed by atoms with Crippen LogP contribution in [0.2, 0.25) is 0 Å². The van der Waals surface area contributed by atoms with Gasteiger partial charge >= 0.3 is 0 Å². The zero-order chi connectivity index (χ0) is 13.5. The number of hydrogen-bond donors (Lipinski definition) is 2. The lowest BCUT2D eigenvalue weighted by Crippen LogP contribution is -2.46. The van der Waals surface area contributed by atoms with Crippen LogP contribution in [0.5, 0.6) is 0 Å². The minimum atomic E-state index is 0.0539. The topological polar surface area (TPSA) is 44.4 Å². The van der Waals surface area contributed by atoms with Crippen molar-refractivity contribution in [2.24, 2.45) is 5.92 Å². The van der Waals surface area contributed by atoms with Crippen LogP contribution in [0.4, 0.5) is 0 Å². The maximum atomic E-state index is 12.1. The van der Waals surface area contributed by atoms with E-state index in [0.717, 1.165) is 26.1 Å². The van der Waals surface area contributed by atoms with E-state index in [-0.39, 0.29) is 11.9 Å². The zero-order valence-corrected chi connectivity index (χ0v) is 12.3. The number of carbonyl (C=O) groups is 1. The number of hydrogen-bond acceptors (Lipinski definition) is 3. The molecule has 19 heavy (non-hydrogen) atoms. The molecule has 1 amide bonds. The third-order valence-electron chi connectivity index (χ3n) is 4.60. The molecule has 0 aromatic rings. The molecule has 2 heterocycles. The third kappa shape index (κ3) is 4.77. The Hall–Kier alpha value is -0.610. The van der Waals surface area contributed by atoms with Gasteiger partial charge in [-0.2, -0.15) is 0 Å². The van der Waals surface area contributed by atoms with E-state index in [1.54, 1.807) is 0 Å². The molecule has 1 atom stereocenters. The Morgan fingerprint density at radius 1 is 1.21 bits per heavy atom. The van der Waals surface area contributed by atoms with Crippen LogP contribution < -0.4 is 10.6 Å². The van der Waals surface area contributed by atoms with Crippen molar-refractivity contribution in [2.75, 3.05) is 32.7 Å². The summed E-state index contributed by atoms with van der Waals surface area (Å²) < 4.78 is 0. The fourth-order valence-corrected chi connectivity index (χ4v) is 3.13. The molecule has 0 aliphatic carbocycles. The number of nitrogens with zero attached hydrogens (tertiary/aromatic N) is 1. The molecule has 2 aliphatic heterocycles. The van der Waals surface area contributed by atoms with Crippen LogP contribution in [0.3, 0.4) is 0 Å². The Bertz CT molecular complexity index is 267. The molecular formula is C15H29N3O. The van der Waals surface area contributed by atoms with Gasteiger partial charge < -0.3 is 15.5 Å². The van der Waals surface area contributed by atoms with Gasteiger partial charge in [-0.15, -0.1) is 0 Å². The van der Waals surface area contributed by atoms with Crippen LogP contribution in [-0.2, 0) is 4.79 Å². The van der Waals surface area contributed by atoms with Gasteiger partial charge in [0.15, 0.2) is 0 Å². The second kappa shape index (κ2) is 7.85. The normalized spacial score (nSPS) is 26.9. The summed E-state index contributed by atoms with van der Waals surface area (Å²) in [7, 11) is 0. The molecule has 4 heteroatoms. The highest BCUT2D eigenvalue weighted by molar-refractivity contribution is 5.81. The first-order valence-electron chi connectivity index (χ1n) is 8.03. The van der Waals surface area contributed by atoms with E-state index in [4.69, 9.17) is 0 Å². The summed E-state index contributed by atoms with van der Waals surface area (Å²) in [5.74, 6) is 0.900. The molecule has 2 N–H and O–H groups in total. The first kappa shape index (κ1) is 14.8. The summed E-state index contributed by atoms with van der Waals surface area (Å²) in [4.78, 5) is 14.6. The van der Waals surface area contributed by atoms with Crippen molar-refractivity contribution in [3.63, 3.8) is 0 Å².